The monoisotopic (exact) mass is 322 g/mol. The normalized spacial score (nSPS) is 11.9. The van der Waals surface area contributed by atoms with E-state index in [0.29, 0.717) is 5.88 Å². The van der Waals surface area contributed by atoms with E-state index in [1.807, 2.05) is 30.3 Å². The van der Waals surface area contributed by atoms with Gasteiger partial charge in [0.2, 0.25) is 5.88 Å². The number of hydrogen-bond donors (Lipinski definition) is 2. The molecule has 1 aromatic heterocycles. The molecule has 0 amide bonds. The molecule has 4 nitrogen and oxygen atoms in total. The number of pyridine rings is 1. The lowest BCUT2D eigenvalue weighted by molar-refractivity contribution is 0.276. The summed E-state index contributed by atoms with van der Waals surface area (Å²) in [5, 5.41) is 12.8. The molecule has 0 fully saturated rings. The second-order valence-electron chi connectivity index (χ2n) is 4.02. The molecule has 1 unspecified atom stereocenters. The van der Waals surface area contributed by atoms with Crippen molar-refractivity contribution in [1.29, 1.82) is 0 Å². The number of aromatic nitrogens is 1. The summed E-state index contributed by atoms with van der Waals surface area (Å²) >= 11 is 3.42. The molecule has 0 bridgehead atoms. The van der Waals surface area contributed by atoms with Crippen LogP contribution in [0.15, 0.2) is 47.1 Å². The highest BCUT2D eigenvalue weighted by Crippen LogP contribution is 2.22. The van der Waals surface area contributed by atoms with Gasteiger partial charge >= 0.3 is 0 Å². The smallest absolute Gasteiger partial charge is 0.212 e. The van der Waals surface area contributed by atoms with Crippen LogP contribution in [-0.4, -0.2) is 23.8 Å². The van der Waals surface area contributed by atoms with Gasteiger partial charge in [-0.3, -0.25) is 0 Å². The molecule has 1 atom stereocenters. The van der Waals surface area contributed by atoms with Crippen LogP contribution in [0.25, 0.3) is 0 Å². The van der Waals surface area contributed by atoms with Crippen LogP contribution in [0.4, 0.5) is 5.69 Å². The van der Waals surface area contributed by atoms with Gasteiger partial charge in [0, 0.05) is 22.4 Å². The Morgan fingerprint density at radius 1 is 1.37 bits per heavy atom. The quantitative estimate of drug-likeness (QED) is 0.888. The predicted molar refractivity (Wildman–Crippen MR) is 78.4 cm³/mol. The van der Waals surface area contributed by atoms with Crippen LogP contribution in [0.5, 0.6) is 5.88 Å². The Labute approximate surface area is 120 Å². The molecule has 1 heterocycles. The Hall–Kier alpha value is -1.59. The summed E-state index contributed by atoms with van der Waals surface area (Å²) in [6.07, 6.45) is 1.70. The van der Waals surface area contributed by atoms with E-state index in [4.69, 9.17) is 4.74 Å². The van der Waals surface area contributed by atoms with E-state index in [2.05, 4.69) is 26.2 Å². The van der Waals surface area contributed by atoms with Crippen molar-refractivity contribution in [3.63, 3.8) is 0 Å². The van der Waals surface area contributed by atoms with Crippen molar-refractivity contribution in [1.82, 2.24) is 4.98 Å². The molecule has 1 aromatic carbocycles. The molecule has 0 aliphatic rings. The number of aliphatic hydroxyl groups is 1. The number of anilines is 1. The van der Waals surface area contributed by atoms with Gasteiger partial charge in [-0.25, -0.2) is 4.98 Å². The second-order valence-corrected chi connectivity index (χ2v) is 4.94. The standard InChI is InChI=1S/C14H15BrN2O2/c1-19-14-6-5-10(8-16-14)13(9-18)17-12-4-2-3-11(15)7-12/h2-8,13,17-18H,9H2,1H3. The summed E-state index contributed by atoms with van der Waals surface area (Å²) in [6.45, 7) is -0.0134. The molecule has 2 N–H and O–H groups in total. The highest BCUT2D eigenvalue weighted by Gasteiger charge is 2.11. The Kier molecular flexibility index (Phi) is 4.76. The lowest BCUT2D eigenvalue weighted by atomic mass is 10.1. The zero-order valence-corrected chi connectivity index (χ0v) is 12.1. The van der Waals surface area contributed by atoms with Gasteiger partial charge < -0.3 is 15.2 Å². The third-order valence-electron chi connectivity index (χ3n) is 2.72. The summed E-state index contributed by atoms with van der Waals surface area (Å²) in [5.41, 5.74) is 1.84. The molecule has 0 radical (unpaired) electrons. The Bertz CT molecular complexity index is 531. The fourth-order valence-electron chi connectivity index (χ4n) is 1.73. The number of nitrogens with one attached hydrogen (secondary N) is 1. The van der Waals surface area contributed by atoms with Crippen LogP contribution in [0.2, 0.25) is 0 Å². The average molecular weight is 323 g/mol. The number of aliphatic hydroxyl groups excluding tert-OH is 1. The first-order valence-corrected chi connectivity index (χ1v) is 6.65. The average Bonchev–Trinajstić information content (AvgIpc) is 2.45. The maximum atomic E-state index is 9.50. The zero-order chi connectivity index (χ0) is 13.7. The van der Waals surface area contributed by atoms with Gasteiger partial charge in [-0.1, -0.05) is 22.0 Å². The second kappa shape index (κ2) is 6.54. The van der Waals surface area contributed by atoms with Crippen molar-refractivity contribution >= 4 is 21.6 Å². The molecule has 0 saturated heterocycles. The van der Waals surface area contributed by atoms with Gasteiger partial charge in [0.1, 0.15) is 0 Å². The minimum Gasteiger partial charge on any atom is -0.481 e. The van der Waals surface area contributed by atoms with E-state index in [0.717, 1.165) is 15.7 Å². The van der Waals surface area contributed by atoms with E-state index < -0.39 is 0 Å². The first kappa shape index (κ1) is 13.8. The molecular formula is C14H15BrN2O2. The number of nitrogens with zero attached hydrogens (tertiary/aromatic N) is 1. The topological polar surface area (TPSA) is 54.4 Å². The number of rotatable bonds is 5. The summed E-state index contributed by atoms with van der Waals surface area (Å²) in [4.78, 5) is 4.14. The van der Waals surface area contributed by atoms with Crippen LogP contribution >= 0.6 is 15.9 Å². The molecule has 0 saturated carbocycles. The molecular weight excluding hydrogens is 308 g/mol. The van der Waals surface area contributed by atoms with Gasteiger partial charge in [-0.05, 0) is 29.8 Å². The number of methoxy groups -OCH3 is 1. The van der Waals surface area contributed by atoms with Crippen LogP contribution in [0.1, 0.15) is 11.6 Å². The van der Waals surface area contributed by atoms with Crippen LogP contribution in [-0.2, 0) is 0 Å². The maximum Gasteiger partial charge on any atom is 0.212 e. The van der Waals surface area contributed by atoms with Crippen molar-refractivity contribution in [2.75, 3.05) is 19.0 Å². The van der Waals surface area contributed by atoms with Crippen LogP contribution < -0.4 is 10.1 Å². The fourth-order valence-corrected chi connectivity index (χ4v) is 2.13. The minimum absolute atomic E-state index is 0.0134. The lowest BCUT2D eigenvalue weighted by Crippen LogP contribution is -2.15. The Morgan fingerprint density at radius 2 is 2.21 bits per heavy atom. The van der Waals surface area contributed by atoms with E-state index in [1.54, 1.807) is 19.4 Å². The molecule has 2 rings (SSSR count). The van der Waals surface area contributed by atoms with Gasteiger partial charge in [0.25, 0.3) is 0 Å². The van der Waals surface area contributed by atoms with Gasteiger partial charge in [-0.15, -0.1) is 0 Å². The lowest BCUT2D eigenvalue weighted by Gasteiger charge is -2.18. The Balaban J connectivity index is 2.15. The Morgan fingerprint density at radius 3 is 2.79 bits per heavy atom. The van der Waals surface area contributed by atoms with Crippen molar-refractivity contribution < 1.29 is 9.84 Å². The fraction of sp³-hybridized carbons (Fsp3) is 0.214. The van der Waals surface area contributed by atoms with Gasteiger partial charge in [-0.2, -0.15) is 0 Å². The summed E-state index contributed by atoms with van der Waals surface area (Å²) in [5.74, 6) is 0.558. The first-order chi connectivity index (χ1) is 9.22. The molecule has 0 aliphatic carbocycles. The number of ether oxygens (including phenoxy) is 1. The highest BCUT2D eigenvalue weighted by molar-refractivity contribution is 9.10. The summed E-state index contributed by atoms with van der Waals surface area (Å²) in [7, 11) is 1.57. The van der Waals surface area contributed by atoms with Gasteiger partial charge in [0.05, 0.1) is 19.8 Å². The van der Waals surface area contributed by atoms with E-state index in [-0.39, 0.29) is 12.6 Å². The molecule has 19 heavy (non-hydrogen) atoms. The summed E-state index contributed by atoms with van der Waals surface area (Å²) in [6, 6.07) is 11.3. The van der Waals surface area contributed by atoms with Crippen molar-refractivity contribution in [3.05, 3.63) is 52.6 Å². The van der Waals surface area contributed by atoms with Gasteiger partial charge in [0.15, 0.2) is 0 Å². The molecule has 5 heteroatoms. The molecule has 2 aromatic rings. The third kappa shape index (κ3) is 3.68. The van der Waals surface area contributed by atoms with E-state index in [9.17, 15) is 5.11 Å². The number of hydrogen-bond acceptors (Lipinski definition) is 4. The minimum atomic E-state index is -0.201. The van der Waals surface area contributed by atoms with E-state index >= 15 is 0 Å². The third-order valence-corrected chi connectivity index (χ3v) is 3.21. The van der Waals surface area contributed by atoms with Crippen molar-refractivity contribution in [3.8, 4) is 5.88 Å². The number of benzene rings is 1. The SMILES string of the molecule is COc1ccc(C(CO)Nc2cccc(Br)c2)cn1. The number of halogens is 1. The summed E-state index contributed by atoms with van der Waals surface area (Å²) < 4.78 is 6.00. The molecule has 100 valence electrons. The van der Waals surface area contributed by atoms with Crippen LogP contribution in [0, 0.1) is 0 Å². The molecule has 0 aliphatic heterocycles. The predicted octanol–water partition coefficient (Wildman–Crippen LogP) is 3.00. The highest BCUT2D eigenvalue weighted by atomic mass is 79.9. The largest absolute Gasteiger partial charge is 0.481 e. The zero-order valence-electron chi connectivity index (χ0n) is 10.5. The first-order valence-electron chi connectivity index (χ1n) is 5.86. The van der Waals surface area contributed by atoms with Crippen molar-refractivity contribution in [2.24, 2.45) is 0 Å². The van der Waals surface area contributed by atoms with E-state index in [1.165, 1.54) is 0 Å². The van der Waals surface area contributed by atoms with Crippen molar-refractivity contribution in [2.45, 2.75) is 6.04 Å². The molecule has 0 spiro atoms. The maximum absolute atomic E-state index is 9.50. The van der Waals surface area contributed by atoms with Crippen LogP contribution in [0.3, 0.4) is 0 Å².